The van der Waals surface area contributed by atoms with Crippen LogP contribution >= 0.6 is 15.9 Å². The van der Waals surface area contributed by atoms with E-state index in [1.54, 1.807) is 38.2 Å². The molecule has 0 amide bonds. The van der Waals surface area contributed by atoms with Gasteiger partial charge in [0.25, 0.3) is 10.0 Å². The van der Waals surface area contributed by atoms with E-state index in [4.69, 9.17) is 0 Å². The lowest BCUT2D eigenvalue weighted by atomic mass is 10.2. The van der Waals surface area contributed by atoms with Crippen LogP contribution in [0.2, 0.25) is 0 Å². The molecule has 21 heavy (non-hydrogen) atoms. The molecule has 0 radical (unpaired) electrons. The number of rotatable bonds is 4. The van der Waals surface area contributed by atoms with Crippen LogP contribution in [0.3, 0.4) is 0 Å². The highest BCUT2D eigenvalue weighted by Gasteiger charge is 2.20. The van der Waals surface area contributed by atoms with E-state index in [0.717, 1.165) is 0 Å². The Morgan fingerprint density at radius 2 is 2.05 bits per heavy atom. The minimum atomic E-state index is -3.75. The molecule has 0 aliphatic rings. The van der Waals surface area contributed by atoms with Crippen molar-refractivity contribution in [2.24, 2.45) is 0 Å². The summed E-state index contributed by atoms with van der Waals surface area (Å²) >= 11 is 3.31. The third kappa shape index (κ3) is 3.42. The molecule has 2 aromatic rings. The van der Waals surface area contributed by atoms with E-state index >= 15 is 0 Å². The van der Waals surface area contributed by atoms with Crippen LogP contribution < -0.4 is 4.72 Å². The van der Waals surface area contributed by atoms with Crippen molar-refractivity contribution in [2.45, 2.75) is 25.3 Å². The molecule has 0 unspecified atom stereocenters. The van der Waals surface area contributed by atoms with Crippen molar-refractivity contribution in [3.05, 3.63) is 51.8 Å². The van der Waals surface area contributed by atoms with Crippen molar-refractivity contribution < 1.29 is 13.5 Å². The molecular formula is C14H15BrN2O3S. The number of anilines is 1. The van der Waals surface area contributed by atoms with Gasteiger partial charge in [0.2, 0.25) is 0 Å². The quantitative estimate of drug-likeness (QED) is 0.866. The molecule has 2 rings (SSSR count). The Labute approximate surface area is 132 Å². The monoisotopic (exact) mass is 370 g/mol. The first-order chi connectivity index (χ1) is 9.85. The second-order valence-corrected chi connectivity index (χ2v) is 7.11. The molecule has 7 heteroatoms. The fourth-order valence-corrected chi connectivity index (χ4v) is 3.94. The second-order valence-electron chi connectivity index (χ2n) is 4.60. The smallest absolute Gasteiger partial charge is 0.262 e. The normalized spacial score (nSPS) is 11.4. The van der Waals surface area contributed by atoms with Gasteiger partial charge in [-0.05, 0) is 49.2 Å². The first-order valence-corrected chi connectivity index (χ1v) is 8.47. The average Bonchev–Trinajstić information content (AvgIpc) is 2.43. The summed E-state index contributed by atoms with van der Waals surface area (Å²) in [6.07, 6.45) is 1.60. The molecule has 1 heterocycles. The summed E-state index contributed by atoms with van der Waals surface area (Å²) in [6, 6.07) is 6.48. The Hall–Kier alpha value is -1.44. The zero-order valence-corrected chi connectivity index (χ0v) is 14.0. The maximum Gasteiger partial charge on any atom is 0.262 e. The lowest BCUT2D eigenvalue weighted by Crippen LogP contribution is -2.16. The van der Waals surface area contributed by atoms with Crippen LogP contribution in [0, 0.1) is 13.8 Å². The van der Waals surface area contributed by atoms with Gasteiger partial charge in [-0.2, -0.15) is 0 Å². The number of nitrogens with zero attached hydrogens (tertiary/aromatic N) is 1. The van der Waals surface area contributed by atoms with Crippen LogP contribution in [0.4, 0.5) is 5.69 Å². The van der Waals surface area contributed by atoms with Gasteiger partial charge in [0.15, 0.2) is 0 Å². The van der Waals surface area contributed by atoms with Crippen molar-refractivity contribution in [2.75, 3.05) is 4.72 Å². The summed E-state index contributed by atoms with van der Waals surface area (Å²) in [5.74, 6) is 0. The van der Waals surface area contributed by atoms with Gasteiger partial charge in [-0.3, -0.25) is 9.71 Å². The minimum Gasteiger partial charge on any atom is -0.392 e. The van der Waals surface area contributed by atoms with Crippen LogP contribution in [0.15, 0.2) is 39.8 Å². The Bertz CT molecular complexity index is 776. The van der Waals surface area contributed by atoms with Crippen LogP contribution in [0.5, 0.6) is 0 Å². The van der Waals surface area contributed by atoms with Gasteiger partial charge in [0.05, 0.1) is 22.9 Å². The van der Waals surface area contributed by atoms with E-state index < -0.39 is 10.0 Å². The predicted octanol–water partition coefficient (Wildman–Crippen LogP) is 2.75. The number of pyridine rings is 1. The topological polar surface area (TPSA) is 79.3 Å². The standard InChI is InChI=1S/C14H15BrN2O3S/c1-9-12(15)6-11(8-18)7-14(9)21(19,20)17-13-4-3-5-16-10(13)2/h3-7,17-18H,8H2,1-2H3. The highest BCUT2D eigenvalue weighted by molar-refractivity contribution is 9.10. The summed E-state index contributed by atoms with van der Waals surface area (Å²) in [5, 5.41) is 9.23. The maximum atomic E-state index is 12.6. The van der Waals surface area contributed by atoms with E-state index in [-0.39, 0.29) is 11.5 Å². The number of aliphatic hydroxyl groups is 1. The van der Waals surface area contributed by atoms with Crippen molar-refractivity contribution in [3.8, 4) is 0 Å². The third-order valence-corrected chi connectivity index (χ3v) is 5.40. The maximum absolute atomic E-state index is 12.6. The zero-order chi connectivity index (χ0) is 15.6. The van der Waals surface area contributed by atoms with E-state index in [9.17, 15) is 13.5 Å². The van der Waals surface area contributed by atoms with Crippen LogP contribution in [0.1, 0.15) is 16.8 Å². The Morgan fingerprint density at radius 3 is 2.67 bits per heavy atom. The summed E-state index contributed by atoms with van der Waals surface area (Å²) in [5.41, 5.74) is 2.13. The molecule has 0 aliphatic carbocycles. The van der Waals surface area contributed by atoms with Crippen LogP contribution in [-0.4, -0.2) is 18.5 Å². The second kappa shape index (κ2) is 6.13. The number of nitrogens with one attached hydrogen (secondary N) is 1. The highest BCUT2D eigenvalue weighted by Crippen LogP contribution is 2.27. The molecule has 0 spiro atoms. The molecule has 1 aromatic carbocycles. The van der Waals surface area contributed by atoms with Crippen molar-refractivity contribution >= 4 is 31.6 Å². The Morgan fingerprint density at radius 1 is 1.33 bits per heavy atom. The van der Waals surface area contributed by atoms with Gasteiger partial charge in [-0.25, -0.2) is 8.42 Å². The molecule has 0 bridgehead atoms. The molecule has 0 saturated heterocycles. The number of aromatic nitrogens is 1. The lowest BCUT2D eigenvalue weighted by Gasteiger charge is -2.14. The SMILES string of the molecule is Cc1ncccc1NS(=O)(=O)c1cc(CO)cc(Br)c1C. The molecule has 0 saturated carbocycles. The fraction of sp³-hybridized carbons (Fsp3) is 0.214. The highest BCUT2D eigenvalue weighted by atomic mass is 79.9. The molecule has 0 atom stereocenters. The van der Waals surface area contributed by atoms with Crippen molar-refractivity contribution in [1.82, 2.24) is 4.98 Å². The van der Waals surface area contributed by atoms with Gasteiger partial charge in [0, 0.05) is 10.7 Å². The molecular weight excluding hydrogens is 356 g/mol. The average molecular weight is 371 g/mol. The number of sulfonamides is 1. The number of benzene rings is 1. The first-order valence-electron chi connectivity index (χ1n) is 6.19. The first kappa shape index (κ1) is 15.9. The van der Waals surface area contributed by atoms with E-state index in [0.29, 0.717) is 27.0 Å². The number of halogens is 1. The zero-order valence-electron chi connectivity index (χ0n) is 11.6. The fourth-order valence-electron chi connectivity index (χ4n) is 1.87. The van der Waals surface area contributed by atoms with Crippen LogP contribution in [-0.2, 0) is 16.6 Å². The number of hydrogen-bond acceptors (Lipinski definition) is 4. The number of hydrogen-bond donors (Lipinski definition) is 2. The van der Waals surface area contributed by atoms with Gasteiger partial charge in [-0.15, -0.1) is 0 Å². The van der Waals surface area contributed by atoms with E-state index in [1.165, 1.54) is 6.07 Å². The summed E-state index contributed by atoms with van der Waals surface area (Å²) in [6.45, 7) is 3.20. The van der Waals surface area contributed by atoms with Gasteiger partial charge >= 0.3 is 0 Å². The lowest BCUT2D eigenvalue weighted by molar-refractivity contribution is 0.281. The van der Waals surface area contributed by atoms with Crippen molar-refractivity contribution in [1.29, 1.82) is 0 Å². The molecule has 0 fully saturated rings. The summed E-state index contributed by atoms with van der Waals surface area (Å²) in [7, 11) is -3.75. The number of aliphatic hydroxyl groups excluding tert-OH is 1. The summed E-state index contributed by atoms with van der Waals surface area (Å²) in [4.78, 5) is 4.18. The molecule has 112 valence electrons. The molecule has 1 aromatic heterocycles. The molecule has 5 nitrogen and oxygen atoms in total. The van der Waals surface area contributed by atoms with Gasteiger partial charge < -0.3 is 5.11 Å². The molecule has 0 aliphatic heterocycles. The van der Waals surface area contributed by atoms with Gasteiger partial charge in [0.1, 0.15) is 0 Å². The van der Waals surface area contributed by atoms with E-state index in [1.807, 2.05) is 0 Å². The minimum absolute atomic E-state index is 0.129. The molecule has 2 N–H and O–H groups in total. The Balaban J connectivity index is 2.50. The van der Waals surface area contributed by atoms with Crippen LogP contribution in [0.25, 0.3) is 0 Å². The largest absolute Gasteiger partial charge is 0.392 e. The number of aryl methyl sites for hydroxylation is 1. The van der Waals surface area contributed by atoms with E-state index in [2.05, 4.69) is 25.6 Å². The van der Waals surface area contributed by atoms with Crippen molar-refractivity contribution in [3.63, 3.8) is 0 Å². The van der Waals surface area contributed by atoms with Gasteiger partial charge in [-0.1, -0.05) is 15.9 Å². The summed E-state index contributed by atoms with van der Waals surface area (Å²) < 4.78 is 28.3. The predicted molar refractivity (Wildman–Crippen MR) is 84.6 cm³/mol. The Kier molecular flexibility index (Phi) is 4.65. The third-order valence-electron chi connectivity index (χ3n) is 3.08.